The normalized spacial score (nSPS) is 9.39. The van der Waals surface area contributed by atoms with E-state index in [0.29, 0.717) is 0 Å². The van der Waals surface area contributed by atoms with Crippen LogP contribution in [0.25, 0.3) is 0 Å². The van der Waals surface area contributed by atoms with Crippen molar-refractivity contribution in [2.75, 3.05) is 0 Å². The molecular formula is C10H12F6NiO6. The number of hydrogen-bond donors (Lipinski definition) is 0. The van der Waals surface area contributed by atoms with E-state index in [2.05, 4.69) is 0 Å². The molecule has 0 radical (unpaired) electrons. The monoisotopic (exact) mass is 400 g/mol. The van der Waals surface area contributed by atoms with E-state index < -0.39 is 35.5 Å². The van der Waals surface area contributed by atoms with Crippen LogP contribution in [0, 0.1) is 12.8 Å². The zero-order valence-electron chi connectivity index (χ0n) is 11.4. The number of hydrogen-bond acceptors (Lipinski definition) is 4. The predicted octanol–water partition coefficient (Wildman–Crippen LogP) is 0.170. The third-order valence-corrected chi connectivity index (χ3v) is 1.23. The molecule has 0 saturated carbocycles. The van der Waals surface area contributed by atoms with Gasteiger partial charge in [-0.1, -0.05) is 0 Å². The second-order valence-corrected chi connectivity index (χ2v) is 3.23. The minimum absolute atomic E-state index is 0. The Hall–Kier alpha value is -1.59. The van der Waals surface area contributed by atoms with Crippen LogP contribution in [-0.2, 0) is 35.7 Å². The van der Waals surface area contributed by atoms with Crippen LogP contribution < -0.4 is 0 Å². The molecule has 0 unspecified atom stereocenters. The first-order valence-corrected chi connectivity index (χ1v) is 4.61. The molecule has 0 aliphatic carbocycles. The Morgan fingerprint density at radius 3 is 0.870 bits per heavy atom. The van der Waals surface area contributed by atoms with Crippen LogP contribution in [0.3, 0.4) is 0 Å². The molecule has 6 nitrogen and oxygen atoms in total. The van der Waals surface area contributed by atoms with Crippen LogP contribution in [0.1, 0.15) is 13.8 Å². The molecule has 0 bridgehead atoms. The Labute approximate surface area is 136 Å². The largest absolute Gasteiger partial charge is 2.00 e. The van der Waals surface area contributed by atoms with Gasteiger partial charge in [0.2, 0.25) is 0 Å². The molecule has 13 heteroatoms. The minimum atomic E-state index is -4.92. The molecule has 0 aromatic heterocycles. The van der Waals surface area contributed by atoms with Crippen molar-refractivity contribution in [3.8, 4) is 0 Å². The summed E-state index contributed by atoms with van der Waals surface area (Å²) >= 11 is 0. The van der Waals surface area contributed by atoms with Gasteiger partial charge in [0.25, 0.3) is 0 Å². The van der Waals surface area contributed by atoms with Crippen molar-refractivity contribution < 1.29 is 73.0 Å². The van der Waals surface area contributed by atoms with Crippen molar-refractivity contribution in [2.24, 2.45) is 0 Å². The summed E-state index contributed by atoms with van der Waals surface area (Å²) in [6.45, 7) is 1.76. The number of rotatable bonds is 4. The maximum atomic E-state index is 11.3. The van der Waals surface area contributed by atoms with Gasteiger partial charge in [-0.3, -0.25) is 12.8 Å². The molecule has 0 spiro atoms. The number of Topliss-reactive ketones (excluding diaryl/α,β-unsaturated/α-hetero) is 4. The van der Waals surface area contributed by atoms with Gasteiger partial charge in [0.05, 0.1) is 0 Å². The molecule has 0 aromatic carbocycles. The molecule has 0 aliphatic heterocycles. The van der Waals surface area contributed by atoms with Crippen LogP contribution in [0.4, 0.5) is 26.3 Å². The van der Waals surface area contributed by atoms with Crippen molar-refractivity contribution in [1.82, 2.24) is 0 Å². The smallest absolute Gasteiger partial charge is 0.412 e. The maximum absolute atomic E-state index is 11.3. The van der Waals surface area contributed by atoms with E-state index >= 15 is 0 Å². The van der Waals surface area contributed by atoms with Crippen LogP contribution in [-0.4, -0.2) is 46.4 Å². The molecule has 23 heavy (non-hydrogen) atoms. The van der Waals surface area contributed by atoms with Crippen molar-refractivity contribution in [3.63, 3.8) is 0 Å². The zero-order chi connectivity index (χ0) is 16.7. The third kappa shape index (κ3) is 20.4. The second-order valence-electron chi connectivity index (χ2n) is 3.23. The van der Waals surface area contributed by atoms with E-state index in [1.54, 1.807) is 0 Å². The summed E-state index contributed by atoms with van der Waals surface area (Å²) < 4.78 is 67.7. The van der Waals surface area contributed by atoms with Crippen LogP contribution in [0.15, 0.2) is 0 Å². The molecular weight excluding hydrogens is 389 g/mol. The van der Waals surface area contributed by atoms with Crippen molar-refractivity contribution in [2.45, 2.75) is 26.2 Å². The standard InChI is InChI=1S/2C5H4F3O2.Ni.2H2O/c2*1-3(9)2-4(10)5(6,7)8;;;/h2*2H,1H3;;2*1H2/q2*-1;+2;;. The topological polar surface area (TPSA) is 131 Å². The number of halogens is 6. The average Bonchev–Trinajstić information content (AvgIpc) is 2.13. The second kappa shape index (κ2) is 12.9. The number of alkyl halides is 6. The van der Waals surface area contributed by atoms with E-state index in [1.807, 2.05) is 0 Å². The quantitative estimate of drug-likeness (QED) is 0.288. The molecule has 0 rings (SSSR count). The molecule has 0 aromatic rings. The summed E-state index contributed by atoms with van der Waals surface area (Å²) in [6, 6.07) is 0. The number of carbonyl (C=O) groups excluding carboxylic acids is 4. The zero-order valence-corrected chi connectivity index (χ0v) is 12.4. The van der Waals surface area contributed by atoms with Crippen LogP contribution in [0.2, 0.25) is 0 Å². The van der Waals surface area contributed by atoms with Gasteiger partial charge in [0, 0.05) is 11.6 Å². The Balaban J connectivity index is -0.0000000831. The van der Waals surface area contributed by atoms with Gasteiger partial charge in [-0.2, -0.15) is 26.3 Å². The first kappa shape index (κ1) is 33.1. The minimum Gasteiger partial charge on any atom is -0.412 e. The van der Waals surface area contributed by atoms with Crippen LogP contribution >= 0.6 is 0 Å². The van der Waals surface area contributed by atoms with E-state index in [9.17, 15) is 45.5 Å². The fourth-order valence-electron chi connectivity index (χ4n) is 0.533. The fourth-order valence-corrected chi connectivity index (χ4v) is 0.533. The first-order valence-electron chi connectivity index (χ1n) is 4.61. The van der Waals surface area contributed by atoms with Gasteiger partial charge in [0.1, 0.15) is 11.6 Å². The van der Waals surface area contributed by atoms with Gasteiger partial charge in [-0.25, -0.2) is 0 Å². The SMILES string of the molecule is CC(=O)[CH-]C(=O)C(F)(F)F.CC(=O)[CH-]C(=O)C(F)(F)F.O.O.[Ni+2]. The molecule has 0 fully saturated rings. The Kier molecular flexibility index (Phi) is 18.6. The number of ketones is 4. The van der Waals surface area contributed by atoms with E-state index in [-0.39, 0.29) is 40.3 Å². The Morgan fingerprint density at radius 1 is 0.652 bits per heavy atom. The Morgan fingerprint density at radius 2 is 0.826 bits per heavy atom. The average molecular weight is 401 g/mol. The molecule has 0 saturated heterocycles. The molecule has 140 valence electrons. The summed E-state index contributed by atoms with van der Waals surface area (Å²) in [5.74, 6) is -6.02. The van der Waals surface area contributed by atoms with Gasteiger partial charge in [0.15, 0.2) is 0 Å². The Bertz CT molecular complexity index is 366. The van der Waals surface area contributed by atoms with Crippen molar-refractivity contribution in [3.05, 3.63) is 12.8 Å². The maximum Gasteiger partial charge on any atom is 2.00 e. The van der Waals surface area contributed by atoms with Gasteiger partial charge in [-0.05, 0) is 13.8 Å². The summed E-state index contributed by atoms with van der Waals surface area (Å²) in [5, 5.41) is 0. The molecule has 0 heterocycles. The van der Waals surface area contributed by atoms with Crippen molar-refractivity contribution >= 4 is 23.1 Å². The summed E-state index contributed by atoms with van der Waals surface area (Å²) in [7, 11) is 0. The van der Waals surface area contributed by atoms with Gasteiger partial charge < -0.3 is 30.1 Å². The molecule has 0 amide bonds. The summed E-state index contributed by atoms with van der Waals surface area (Å²) in [6.07, 6.45) is -9.82. The molecule has 0 atom stereocenters. The molecule has 4 N–H and O–H groups in total. The predicted molar refractivity (Wildman–Crippen MR) is 59.3 cm³/mol. The van der Waals surface area contributed by atoms with Crippen LogP contribution in [0.5, 0.6) is 0 Å². The van der Waals surface area contributed by atoms with E-state index in [0.717, 1.165) is 13.8 Å². The summed E-state index contributed by atoms with van der Waals surface area (Å²) in [5.41, 5.74) is 0. The first-order chi connectivity index (χ1) is 8.67. The van der Waals surface area contributed by atoms with E-state index in [4.69, 9.17) is 0 Å². The van der Waals surface area contributed by atoms with E-state index in [1.165, 1.54) is 0 Å². The molecule has 0 aliphatic rings. The fraction of sp³-hybridized carbons (Fsp3) is 0.400. The van der Waals surface area contributed by atoms with Crippen molar-refractivity contribution in [1.29, 1.82) is 0 Å². The number of carbonyl (C=O) groups is 4. The van der Waals surface area contributed by atoms with Gasteiger partial charge in [-0.15, -0.1) is 0 Å². The van der Waals surface area contributed by atoms with Gasteiger partial charge >= 0.3 is 28.8 Å². The summed E-state index contributed by atoms with van der Waals surface area (Å²) in [4.78, 5) is 39.6. The third-order valence-electron chi connectivity index (χ3n) is 1.23.